The summed E-state index contributed by atoms with van der Waals surface area (Å²) in [6.07, 6.45) is 4.08. The summed E-state index contributed by atoms with van der Waals surface area (Å²) in [5, 5.41) is 0. The predicted octanol–water partition coefficient (Wildman–Crippen LogP) is 5.93. The van der Waals surface area contributed by atoms with E-state index in [4.69, 9.17) is 5.73 Å². The zero-order valence-electron chi connectivity index (χ0n) is 16.1. The lowest BCUT2D eigenvalue weighted by Crippen LogP contribution is -2.37. The van der Waals surface area contributed by atoms with Gasteiger partial charge in [0.1, 0.15) is 0 Å². The Labute approximate surface area is 152 Å². The highest BCUT2D eigenvalue weighted by atomic mass is 15.2. The molecule has 2 rings (SSSR count). The smallest absolute Gasteiger partial charge is 0.0387 e. The Kier molecular flexibility index (Phi) is 6.08. The summed E-state index contributed by atoms with van der Waals surface area (Å²) in [6.45, 7) is 15.3. The topological polar surface area (TPSA) is 29.3 Å². The minimum Gasteiger partial charge on any atom is -0.398 e. The average molecular weight is 335 g/mol. The van der Waals surface area contributed by atoms with Crippen molar-refractivity contribution in [2.75, 3.05) is 10.6 Å². The number of hydrogen-bond donors (Lipinski definition) is 1. The number of nitrogens with zero attached hydrogens (tertiary/aromatic N) is 1. The van der Waals surface area contributed by atoms with Crippen molar-refractivity contribution in [2.24, 2.45) is 0 Å². The van der Waals surface area contributed by atoms with Crippen LogP contribution < -0.4 is 10.6 Å². The molecule has 0 unspecified atom stereocenters. The van der Waals surface area contributed by atoms with Gasteiger partial charge < -0.3 is 10.6 Å². The molecule has 0 aliphatic carbocycles. The molecular formula is C23H30N2. The zero-order chi connectivity index (χ0) is 18.6. The number of allylic oxidation sites excluding steroid dienone is 2. The summed E-state index contributed by atoms with van der Waals surface area (Å²) >= 11 is 0. The van der Waals surface area contributed by atoms with Crippen molar-refractivity contribution in [3.8, 4) is 0 Å². The Hall–Kier alpha value is -2.48. The van der Waals surface area contributed by atoms with E-state index in [0.29, 0.717) is 12.1 Å². The van der Waals surface area contributed by atoms with Gasteiger partial charge in [0.05, 0.1) is 0 Å². The molecule has 25 heavy (non-hydrogen) atoms. The maximum absolute atomic E-state index is 6.02. The van der Waals surface area contributed by atoms with Gasteiger partial charge in [-0.15, -0.1) is 0 Å². The van der Waals surface area contributed by atoms with Crippen LogP contribution in [0, 0.1) is 6.92 Å². The molecule has 0 aliphatic rings. The molecule has 0 amide bonds. The standard InChI is InChI=1S/C23H30N2/c1-16(2)25(17(3)4)21-14-12-19(6)22(15-21)18(5)11-13-20-9-7-8-10-23(20)24/h7-17H,5,24H2,1-4,6H3/b13-11-. The van der Waals surface area contributed by atoms with E-state index in [1.807, 2.05) is 36.4 Å². The van der Waals surface area contributed by atoms with Crippen LogP contribution in [0.25, 0.3) is 11.6 Å². The van der Waals surface area contributed by atoms with Gasteiger partial charge in [-0.3, -0.25) is 0 Å². The van der Waals surface area contributed by atoms with Crippen molar-refractivity contribution in [1.29, 1.82) is 0 Å². The largest absolute Gasteiger partial charge is 0.398 e. The molecule has 0 heterocycles. The molecule has 132 valence electrons. The van der Waals surface area contributed by atoms with E-state index < -0.39 is 0 Å². The molecule has 2 nitrogen and oxygen atoms in total. The molecule has 2 heteroatoms. The predicted molar refractivity (Wildman–Crippen MR) is 113 cm³/mol. The van der Waals surface area contributed by atoms with E-state index >= 15 is 0 Å². The van der Waals surface area contributed by atoms with E-state index in [2.05, 4.69) is 64.3 Å². The third-order valence-electron chi connectivity index (χ3n) is 4.44. The Morgan fingerprint density at radius 2 is 1.68 bits per heavy atom. The summed E-state index contributed by atoms with van der Waals surface area (Å²) in [6, 6.07) is 15.4. The van der Waals surface area contributed by atoms with Crippen LogP contribution in [0.3, 0.4) is 0 Å². The highest BCUT2D eigenvalue weighted by Gasteiger charge is 2.15. The highest BCUT2D eigenvalue weighted by molar-refractivity contribution is 5.82. The molecule has 0 aromatic heterocycles. The lowest BCUT2D eigenvalue weighted by Gasteiger charge is -2.33. The number of hydrogen-bond acceptors (Lipinski definition) is 2. The Morgan fingerprint density at radius 3 is 2.28 bits per heavy atom. The van der Waals surface area contributed by atoms with E-state index in [1.165, 1.54) is 16.8 Å². The third kappa shape index (κ3) is 4.54. The van der Waals surface area contributed by atoms with Crippen molar-refractivity contribution >= 4 is 23.0 Å². The molecule has 0 bridgehead atoms. The minimum atomic E-state index is 0.448. The van der Waals surface area contributed by atoms with Gasteiger partial charge >= 0.3 is 0 Å². The van der Waals surface area contributed by atoms with Crippen LogP contribution in [0.15, 0.2) is 55.1 Å². The molecule has 0 saturated carbocycles. The van der Waals surface area contributed by atoms with Gasteiger partial charge in [-0.2, -0.15) is 0 Å². The maximum Gasteiger partial charge on any atom is 0.0387 e. The molecule has 0 fully saturated rings. The van der Waals surface area contributed by atoms with Gasteiger partial charge in [0.2, 0.25) is 0 Å². The first-order chi connectivity index (χ1) is 11.8. The molecule has 0 atom stereocenters. The van der Waals surface area contributed by atoms with Crippen molar-refractivity contribution in [3.63, 3.8) is 0 Å². The van der Waals surface area contributed by atoms with Gasteiger partial charge in [-0.05, 0) is 75.1 Å². The van der Waals surface area contributed by atoms with Crippen LogP contribution in [0.5, 0.6) is 0 Å². The summed E-state index contributed by atoms with van der Waals surface area (Å²) in [5.74, 6) is 0. The second-order valence-electron chi connectivity index (χ2n) is 7.08. The fourth-order valence-corrected chi connectivity index (χ4v) is 3.25. The first-order valence-corrected chi connectivity index (χ1v) is 8.92. The van der Waals surface area contributed by atoms with E-state index in [9.17, 15) is 0 Å². The van der Waals surface area contributed by atoms with Crippen molar-refractivity contribution in [3.05, 3.63) is 71.8 Å². The van der Waals surface area contributed by atoms with Gasteiger partial charge in [-0.1, -0.05) is 43.0 Å². The monoisotopic (exact) mass is 334 g/mol. The Balaban J connectivity index is 2.34. The van der Waals surface area contributed by atoms with E-state index in [0.717, 1.165) is 16.8 Å². The third-order valence-corrected chi connectivity index (χ3v) is 4.44. The van der Waals surface area contributed by atoms with Crippen molar-refractivity contribution < 1.29 is 0 Å². The number of aryl methyl sites for hydroxylation is 1. The van der Waals surface area contributed by atoms with Gasteiger partial charge in [0.25, 0.3) is 0 Å². The van der Waals surface area contributed by atoms with Crippen LogP contribution in [-0.4, -0.2) is 12.1 Å². The summed E-state index contributed by atoms with van der Waals surface area (Å²) in [7, 11) is 0. The first kappa shape index (κ1) is 18.9. The SMILES string of the molecule is C=C(/C=C\c1ccccc1N)c1cc(N(C(C)C)C(C)C)ccc1C. The van der Waals surface area contributed by atoms with Crippen LogP contribution in [0.4, 0.5) is 11.4 Å². The number of para-hydroxylation sites is 1. The molecular weight excluding hydrogens is 304 g/mol. The molecule has 0 aliphatic heterocycles. The summed E-state index contributed by atoms with van der Waals surface area (Å²) in [4.78, 5) is 2.43. The molecule has 0 spiro atoms. The van der Waals surface area contributed by atoms with Crippen LogP contribution in [0.1, 0.15) is 44.4 Å². The maximum atomic E-state index is 6.02. The fourth-order valence-electron chi connectivity index (χ4n) is 3.25. The molecule has 2 aromatic rings. The Bertz CT molecular complexity index is 761. The van der Waals surface area contributed by atoms with E-state index in [-0.39, 0.29) is 0 Å². The second kappa shape index (κ2) is 8.06. The highest BCUT2D eigenvalue weighted by Crippen LogP contribution is 2.28. The quantitative estimate of drug-likeness (QED) is 0.524. The average Bonchev–Trinajstić information content (AvgIpc) is 2.54. The lowest BCUT2D eigenvalue weighted by atomic mass is 9.98. The molecule has 2 N–H and O–H groups in total. The number of nitrogen functional groups attached to an aromatic ring is 1. The number of rotatable bonds is 6. The Morgan fingerprint density at radius 1 is 1.04 bits per heavy atom. The van der Waals surface area contributed by atoms with Gasteiger partial charge in [-0.25, -0.2) is 0 Å². The van der Waals surface area contributed by atoms with Crippen LogP contribution >= 0.6 is 0 Å². The normalized spacial score (nSPS) is 11.5. The molecule has 2 aromatic carbocycles. The van der Waals surface area contributed by atoms with E-state index in [1.54, 1.807) is 0 Å². The fraction of sp³-hybridized carbons (Fsp3) is 0.304. The van der Waals surface area contributed by atoms with Crippen molar-refractivity contribution in [2.45, 2.75) is 46.7 Å². The van der Waals surface area contributed by atoms with Gasteiger partial charge in [0.15, 0.2) is 0 Å². The van der Waals surface area contributed by atoms with Gasteiger partial charge in [0, 0.05) is 23.5 Å². The zero-order valence-corrected chi connectivity index (χ0v) is 16.1. The van der Waals surface area contributed by atoms with Crippen LogP contribution in [-0.2, 0) is 0 Å². The second-order valence-corrected chi connectivity index (χ2v) is 7.08. The number of nitrogens with two attached hydrogens (primary N) is 1. The summed E-state index contributed by atoms with van der Waals surface area (Å²) < 4.78 is 0. The lowest BCUT2D eigenvalue weighted by molar-refractivity contribution is 0.608. The minimum absolute atomic E-state index is 0.448. The van der Waals surface area contributed by atoms with Crippen molar-refractivity contribution in [1.82, 2.24) is 0 Å². The molecule has 0 radical (unpaired) electrons. The number of anilines is 2. The summed E-state index contributed by atoms with van der Waals surface area (Å²) in [5.41, 5.74) is 12.5. The first-order valence-electron chi connectivity index (χ1n) is 8.92. The van der Waals surface area contributed by atoms with Crippen LogP contribution in [0.2, 0.25) is 0 Å². The number of benzene rings is 2. The molecule has 0 saturated heterocycles.